The minimum Gasteiger partial charge on any atom is -0.381 e. The summed E-state index contributed by atoms with van der Waals surface area (Å²) < 4.78 is 7.61. The van der Waals surface area contributed by atoms with E-state index in [1.807, 2.05) is 18.8 Å². The molecular formula is C15H21N3O. The Morgan fingerprint density at radius 2 is 2.26 bits per heavy atom. The predicted octanol–water partition coefficient (Wildman–Crippen LogP) is 1.74. The summed E-state index contributed by atoms with van der Waals surface area (Å²) in [7, 11) is 4.03. The van der Waals surface area contributed by atoms with Crippen LogP contribution in [0.2, 0.25) is 0 Å². The maximum atomic E-state index is 5.63. The van der Waals surface area contributed by atoms with Gasteiger partial charge in [-0.3, -0.25) is 4.68 Å². The average Bonchev–Trinajstić information content (AvgIpc) is 2.98. The van der Waals surface area contributed by atoms with Crippen LogP contribution in [-0.2, 0) is 18.2 Å². The number of aryl methyl sites for hydroxylation is 1. The number of rotatable bonds is 4. The first-order valence-electron chi connectivity index (χ1n) is 6.87. The molecule has 2 aromatic rings. The Kier molecular flexibility index (Phi) is 3.29. The number of nitrogens with zero attached hydrogens (tertiary/aromatic N) is 2. The van der Waals surface area contributed by atoms with Gasteiger partial charge < -0.3 is 10.1 Å². The van der Waals surface area contributed by atoms with Crippen molar-refractivity contribution in [1.82, 2.24) is 15.1 Å². The molecule has 0 radical (unpaired) electrons. The topological polar surface area (TPSA) is 39.1 Å². The molecule has 0 spiro atoms. The molecule has 1 aliphatic rings. The second-order valence-electron chi connectivity index (χ2n) is 5.60. The lowest BCUT2D eigenvalue weighted by atomic mass is 9.82. The summed E-state index contributed by atoms with van der Waals surface area (Å²) in [6, 6.07) is 8.45. The van der Waals surface area contributed by atoms with E-state index in [0.29, 0.717) is 0 Å². The summed E-state index contributed by atoms with van der Waals surface area (Å²) in [5.74, 6) is 0. The summed E-state index contributed by atoms with van der Waals surface area (Å²) in [5.41, 5.74) is 2.60. The molecule has 3 rings (SSSR count). The van der Waals surface area contributed by atoms with Crippen molar-refractivity contribution in [3.63, 3.8) is 0 Å². The molecule has 0 amide bonds. The van der Waals surface area contributed by atoms with E-state index in [9.17, 15) is 0 Å². The first-order valence-corrected chi connectivity index (χ1v) is 6.87. The molecule has 1 unspecified atom stereocenters. The van der Waals surface area contributed by atoms with E-state index in [0.717, 1.165) is 32.6 Å². The average molecular weight is 259 g/mol. The summed E-state index contributed by atoms with van der Waals surface area (Å²) in [6.45, 7) is 2.68. The van der Waals surface area contributed by atoms with Crippen LogP contribution in [0.15, 0.2) is 24.3 Å². The molecule has 0 aliphatic carbocycles. The number of fused-ring (bicyclic) bond motifs is 1. The number of benzene rings is 1. The van der Waals surface area contributed by atoms with E-state index in [1.165, 1.54) is 16.6 Å². The highest BCUT2D eigenvalue weighted by Crippen LogP contribution is 2.33. The lowest BCUT2D eigenvalue weighted by molar-refractivity contribution is 0.150. The first kappa shape index (κ1) is 12.6. The molecule has 1 fully saturated rings. The van der Waals surface area contributed by atoms with Crippen molar-refractivity contribution in [2.24, 2.45) is 12.5 Å². The van der Waals surface area contributed by atoms with Gasteiger partial charge in [-0.15, -0.1) is 0 Å². The van der Waals surface area contributed by atoms with Gasteiger partial charge in [-0.2, -0.15) is 5.10 Å². The van der Waals surface area contributed by atoms with Crippen LogP contribution in [-0.4, -0.2) is 36.6 Å². The highest BCUT2D eigenvalue weighted by molar-refractivity contribution is 5.81. The van der Waals surface area contributed by atoms with Crippen LogP contribution in [0.1, 0.15) is 12.1 Å². The number of hydrogen-bond donors (Lipinski definition) is 1. The Balaban J connectivity index is 1.96. The Morgan fingerprint density at radius 1 is 1.42 bits per heavy atom. The SMILES string of the molecule is CNCC1(Cc2nn(C)c3ccccc23)CCOC1. The van der Waals surface area contributed by atoms with Crippen LogP contribution in [0.5, 0.6) is 0 Å². The fourth-order valence-electron chi connectivity index (χ4n) is 3.14. The third-order valence-corrected chi connectivity index (χ3v) is 4.11. The van der Waals surface area contributed by atoms with Crippen molar-refractivity contribution in [2.45, 2.75) is 12.8 Å². The third-order valence-electron chi connectivity index (χ3n) is 4.11. The molecule has 1 aliphatic heterocycles. The molecule has 1 atom stereocenters. The summed E-state index contributed by atoms with van der Waals surface area (Å²) in [4.78, 5) is 0. The monoisotopic (exact) mass is 259 g/mol. The molecule has 102 valence electrons. The van der Waals surface area contributed by atoms with Crippen LogP contribution in [0, 0.1) is 5.41 Å². The molecule has 4 heteroatoms. The van der Waals surface area contributed by atoms with E-state index in [-0.39, 0.29) is 5.41 Å². The molecular weight excluding hydrogens is 238 g/mol. The number of nitrogens with one attached hydrogen (secondary N) is 1. The maximum absolute atomic E-state index is 5.63. The lowest BCUT2D eigenvalue weighted by Crippen LogP contribution is -2.35. The highest BCUT2D eigenvalue weighted by atomic mass is 16.5. The van der Waals surface area contributed by atoms with Gasteiger partial charge in [0.2, 0.25) is 0 Å². The first-order chi connectivity index (χ1) is 9.24. The van der Waals surface area contributed by atoms with E-state index in [4.69, 9.17) is 9.84 Å². The molecule has 19 heavy (non-hydrogen) atoms. The zero-order valence-electron chi connectivity index (χ0n) is 11.6. The van der Waals surface area contributed by atoms with Crippen LogP contribution in [0.3, 0.4) is 0 Å². The van der Waals surface area contributed by atoms with Gasteiger partial charge in [0.25, 0.3) is 0 Å². The van der Waals surface area contributed by atoms with Crippen LogP contribution in [0.25, 0.3) is 10.9 Å². The van der Waals surface area contributed by atoms with E-state index in [1.54, 1.807) is 0 Å². The fourth-order valence-corrected chi connectivity index (χ4v) is 3.14. The van der Waals surface area contributed by atoms with Gasteiger partial charge in [0, 0.05) is 37.4 Å². The normalized spacial score (nSPS) is 23.3. The molecule has 1 N–H and O–H groups in total. The Labute approximate surface area is 113 Å². The molecule has 2 heterocycles. The molecule has 1 saturated heterocycles. The van der Waals surface area contributed by atoms with Crippen LogP contribution >= 0.6 is 0 Å². The number of hydrogen-bond acceptors (Lipinski definition) is 3. The van der Waals surface area contributed by atoms with E-state index < -0.39 is 0 Å². The molecule has 0 saturated carbocycles. The number of aromatic nitrogens is 2. The maximum Gasteiger partial charge on any atom is 0.0710 e. The third kappa shape index (κ3) is 2.26. The summed E-state index contributed by atoms with van der Waals surface area (Å²) in [6.07, 6.45) is 2.09. The van der Waals surface area contributed by atoms with Gasteiger partial charge in [-0.25, -0.2) is 0 Å². The smallest absolute Gasteiger partial charge is 0.0710 e. The van der Waals surface area contributed by atoms with Gasteiger partial charge in [-0.1, -0.05) is 18.2 Å². The molecule has 1 aromatic carbocycles. The van der Waals surface area contributed by atoms with Crippen LogP contribution < -0.4 is 5.32 Å². The van der Waals surface area contributed by atoms with Crippen molar-refractivity contribution in [1.29, 1.82) is 0 Å². The van der Waals surface area contributed by atoms with Crippen molar-refractivity contribution in [3.8, 4) is 0 Å². The summed E-state index contributed by atoms with van der Waals surface area (Å²) in [5, 5.41) is 9.30. The van der Waals surface area contributed by atoms with Crippen molar-refractivity contribution in [3.05, 3.63) is 30.0 Å². The zero-order chi connectivity index (χ0) is 13.3. The standard InChI is InChI=1S/C15H21N3O/c1-16-10-15(7-8-19-11-15)9-13-12-5-3-4-6-14(12)18(2)17-13/h3-6,16H,7-11H2,1-2H3. The van der Waals surface area contributed by atoms with Gasteiger partial charge in [-0.05, 0) is 19.5 Å². The van der Waals surface area contributed by atoms with E-state index >= 15 is 0 Å². The lowest BCUT2D eigenvalue weighted by Gasteiger charge is -2.26. The predicted molar refractivity (Wildman–Crippen MR) is 76.2 cm³/mol. The van der Waals surface area contributed by atoms with Crippen molar-refractivity contribution < 1.29 is 4.74 Å². The van der Waals surface area contributed by atoms with E-state index in [2.05, 4.69) is 29.6 Å². The fraction of sp³-hybridized carbons (Fsp3) is 0.533. The van der Waals surface area contributed by atoms with Gasteiger partial charge in [0.1, 0.15) is 0 Å². The second kappa shape index (κ2) is 4.94. The largest absolute Gasteiger partial charge is 0.381 e. The molecule has 0 bridgehead atoms. The Hall–Kier alpha value is -1.39. The van der Waals surface area contributed by atoms with Crippen molar-refractivity contribution in [2.75, 3.05) is 26.8 Å². The van der Waals surface area contributed by atoms with Gasteiger partial charge in [0.15, 0.2) is 0 Å². The number of para-hydroxylation sites is 1. The minimum atomic E-state index is 0.200. The summed E-state index contributed by atoms with van der Waals surface area (Å²) >= 11 is 0. The highest BCUT2D eigenvalue weighted by Gasteiger charge is 2.35. The molecule has 1 aromatic heterocycles. The number of ether oxygens (including phenoxy) is 1. The zero-order valence-corrected chi connectivity index (χ0v) is 11.6. The quantitative estimate of drug-likeness (QED) is 0.909. The minimum absolute atomic E-state index is 0.200. The molecule has 4 nitrogen and oxygen atoms in total. The Bertz CT molecular complexity index is 570. The van der Waals surface area contributed by atoms with Crippen molar-refractivity contribution >= 4 is 10.9 Å². The van der Waals surface area contributed by atoms with Crippen LogP contribution in [0.4, 0.5) is 0 Å². The van der Waals surface area contributed by atoms with Gasteiger partial charge >= 0.3 is 0 Å². The van der Waals surface area contributed by atoms with Gasteiger partial charge in [0.05, 0.1) is 17.8 Å². The second-order valence-corrected chi connectivity index (χ2v) is 5.60. The Morgan fingerprint density at radius 3 is 3.00 bits per heavy atom.